The fourth-order valence-electron chi connectivity index (χ4n) is 3.06. The summed E-state index contributed by atoms with van der Waals surface area (Å²) >= 11 is 0. The van der Waals surface area contributed by atoms with E-state index in [2.05, 4.69) is 6.07 Å². The Hall–Kier alpha value is -1.08. The third kappa shape index (κ3) is 2.37. The average Bonchev–Trinajstić information content (AvgIpc) is 2.36. The van der Waals surface area contributed by atoms with Crippen LogP contribution in [-0.2, 0) is 4.79 Å². The number of aliphatic hydroxyl groups is 1. The lowest BCUT2D eigenvalue weighted by Gasteiger charge is -2.42. The van der Waals surface area contributed by atoms with Crippen molar-refractivity contribution in [2.24, 2.45) is 5.41 Å². The van der Waals surface area contributed by atoms with Crippen LogP contribution < -0.4 is 0 Å². The Labute approximate surface area is 109 Å². The quantitative estimate of drug-likeness (QED) is 0.828. The second-order valence-corrected chi connectivity index (χ2v) is 5.56. The highest BCUT2D eigenvalue weighted by molar-refractivity contribution is 5.86. The van der Waals surface area contributed by atoms with Gasteiger partial charge in [0.05, 0.1) is 12.7 Å². The Morgan fingerprint density at radius 2 is 1.94 bits per heavy atom. The summed E-state index contributed by atoms with van der Waals surface area (Å²) in [6.45, 7) is 0.372. The second kappa shape index (κ2) is 5.71. The van der Waals surface area contributed by atoms with Gasteiger partial charge in [-0.25, -0.2) is 0 Å². The molecule has 1 N–H and O–H groups in total. The van der Waals surface area contributed by atoms with Crippen molar-refractivity contribution >= 4 is 5.91 Å². The zero-order chi connectivity index (χ0) is 13.0. The Kier molecular flexibility index (Phi) is 4.23. The van der Waals surface area contributed by atoms with E-state index in [0.29, 0.717) is 19.4 Å². The summed E-state index contributed by atoms with van der Waals surface area (Å²) in [7, 11) is 0. The molecular weight excluding hydrogens is 228 g/mol. The number of carbonyl (C=O) groups excluding carboxylic acids is 1. The molecule has 4 nitrogen and oxygen atoms in total. The topological polar surface area (TPSA) is 64.3 Å². The highest BCUT2D eigenvalue weighted by atomic mass is 16.3. The monoisotopic (exact) mass is 250 g/mol. The van der Waals surface area contributed by atoms with E-state index < -0.39 is 5.41 Å². The van der Waals surface area contributed by atoms with Gasteiger partial charge in [0.15, 0.2) is 0 Å². The Bertz CT molecular complexity index is 338. The average molecular weight is 250 g/mol. The Morgan fingerprint density at radius 3 is 2.39 bits per heavy atom. The molecule has 0 aromatic rings. The van der Waals surface area contributed by atoms with Gasteiger partial charge in [-0.2, -0.15) is 5.26 Å². The molecule has 0 aliphatic heterocycles. The summed E-state index contributed by atoms with van der Waals surface area (Å²) in [6.07, 6.45) is 7.64. The van der Waals surface area contributed by atoms with Crippen molar-refractivity contribution in [2.45, 2.75) is 57.4 Å². The molecular formula is C14H22N2O2. The molecule has 0 radical (unpaired) electrons. The SMILES string of the molecule is N#CC1(C(=O)N(CCO)C2CCC2)CCCCC1. The minimum Gasteiger partial charge on any atom is -0.395 e. The molecule has 1 amide bonds. The van der Waals surface area contributed by atoms with Crippen LogP contribution in [0.1, 0.15) is 51.4 Å². The molecule has 2 fully saturated rings. The molecule has 2 saturated carbocycles. The van der Waals surface area contributed by atoms with E-state index in [-0.39, 0.29) is 18.6 Å². The molecule has 4 heteroatoms. The molecule has 0 spiro atoms. The normalized spacial score (nSPS) is 22.9. The first kappa shape index (κ1) is 13.4. The summed E-state index contributed by atoms with van der Waals surface area (Å²) in [5.74, 6) is -0.0246. The first-order valence-electron chi connectivity index (χ1n) is 7.07. The van der Waals surface area contributed by atoms with Gasteiger partial charge in [-0.15, -0.1) is 0 Å². The number of aliphatic hydroxyl groups excluding tert-OH is 1. The zero-order valence-corrected chi connectivity index (χ0v) is 10.9. The lowest BCUT2D eigenvalue weighted by Crippen LogP contribution is -2.52. The first-order chi connectivity index (χ1) is 8.73. The van der Waals surface area contributed by atoms with Crippen molar-refractivity contribution in [3.63, 3.8) is 0 Å². The lowest BCUT2D eigenvalue weighted by molar-refractivity contribution is -0.145. The van der Waals surface area contributed by atoms with Crippen molar-refractivity contribution in [3.8, 4) is 6.07 Å². The number of nitrogens with zero attached hydrogens (tertiary/aromatic N) is 2. The van der Waals surface area contributed by atoms with Crippen LogP contribution in [0.5, 0.6) is 0 Å². The summed E-state index contributed by atoms with van der Waals surface area (Å²) in [4.78, 5) is 14.4. The number of hydrogen-bond acceptors (Lipinski definition) is 3. The van der Waals surface area contributed by atoms with Crippen LogP contribution in [0.25, 0.3) is 0 Å². The summed E-state index contributed by atoms with van der Waals surface area (Å²) in [6, 6.07) is 2.55. The molecule has 0 heterocycles. The highest BCUT2D eigenvalue weighted by Gasteiger charge is 2.44. The van der Waals surface area contributed by atoms with Gasteiger partial charge >= 0.3 is 0 Å². The summed E-state index contributed by atoms with van der Waals surface area (Å²) < 4.78 is 0. The van der Waals surface area contributed by atoms with Crippen LogP contribution in [-0.4, -0.2) is 35.1 Å². The highest BCUT2D eigenvalue weighted by Crippen LogP contribution is 2.39. The fourth-order valence-corrected chi connectivity index (χ4v) is 3.06. The molecule has 100 valence electrons. The predicted molar refractivity (Wildman–Crippen MR) is 67.6 cm³/mol. The maximum atomic E-state index is 12.7. The molecule has 0 aromatic carbocycles. The number of nitriles is 1. The van der Waals surface area contributed by atoms with E-state index in [1.54, 1.807) is 4.90 Å². The zero-order valence-electron chi connectivity index (χ0n) is 10.9. The Balaban J connectivity index is 2.12. The summed E-state index contributed by atoms with van der Waals surface area (Å²) in [5.41, 5.74) is -0.803. The molecule has 2 aliphatic carbocycles. The molecule has 0 atom stereocenters. The van der Waals surface area contributed by atoms with Crippen molar-refractivity contribution in [1.29, 1.82) is 5.26 Å². The third-order valence-corrected chi connectivity index (χ3v) is 4.45. The number of rotatable bonds is 4. The number of carbonyl (C=O) groups is 1. The van der Waals surface area contributed by atoms with Gasteiger partial charge in [0.2, 0.25) is 5.91 Å². The van der Waals surface area contributed by atoms with Gasteiger partial charge in [0, 0.05) is 12.6 Å². The van der Waals surface area contributed by atoms with E-state index in [1.807, 2.05) is 0 Å². The Morgan fingerprint density at radius 1 is 1.28 bits per heavy atom. The predicted octanol–water partition coefficient (Wildman–Crippen LogP) is 1.83. The van der Waals surface area contributed by atoms with Crippen molar-refractivity contribution in [2.75, 3.05) is 13.2 Å². The van der Waals surface area contributed by atoms with Gasteiger partial charge in [-0.3, -0.25) is 4.79 Å². The van der Waals surface area contributed by atoms with Gasteiger partial charge < -0.3 is 10.0 Å². The molecule has 0 unspecified atom stereocenters. The van der Waals surface area contributed by atoms with Crippen molar-refractivity contribution < 1.29 is 9.90 Å². The fraction of sp³-hybridized carbons (Fsp3) is 0.857. The van der Waals surface area contributed by atoms with E-state index >= 15 is 0 Å². The molecule has 0 bridgehead atoms. The van der Waals surface area contributed by atoms with Crippen LogP contribution in [0, 0.1) is 16.7 Å². The minimum absolute atomic E-state index is 0.0102. The standard InChI is InChI=1S/C14H22N2O2/c15-11-14(7-2-1-3-8-14)13(18)16(9-10-17)12-5-4-6-12/h12,17H,1-10H2. The molecule has 2 aliphatic rings. The van der Waals surface area contributed by atoms with Crippen LogP contribution >= 0.6 is 0 Å². The number of hydrogen-bond donors (Lipinski definition) is 1. The lowest BCUT2D eigenvalue weighted by atomic mass is 9.73. The third-order valence-electron chi connectivity index (χ3n) is 4.45. The molecule has 0 saturated heterocycles. The van der Waals surface area contributed by atoms with Gasteiger partial charge in [0.25, 0.3) is 0 Å². The second-order valence-electron chi connectivity index (χ2n) is 5.56. The van der Waals surface area contributed by atoms with Gasteiger partial charge in [-0.1, -0.05) is 19.3 Å². The van der Waals surface area contributed by atoms with Crippen LogP contribution in [0.3, 0.4) is 0 Å². The van der Waals surface area contributed by atoms with E-state index in [0.717, 1.165) is 38.5 Å². The van der Waals surface area contributed by atoms with Crippen LogP contribution in [0.2, 0.25) is 0 Å². The van der Waals surface area contributed by atoms with Gasteiger partial charge in [0.1, 0.15) is 5.41 Å². The van der Waals surface area contributed by atoms with Crippen LogP contribution in [0.4, 0.5) is 0 Å². The number of amides is 1. The molecule has 2 rings (SSSR count). The smallest absolute Gasteiger partial charge is 0.243 e. The van der Waals surface area contributed by atoms with E-state index in [9.17, 15) is 10.1 Å². The summed E-state index contributed by atoms with van der Waals surface area (Å²) in [5, 5.41) is 18.6. The molecule has 0 aromatic heterocycles. The maximum Gasteiger partial charge on any atom is 0.243 e. The van der Waals surface area contributed by atoms with Crippen molar-refractivity contribution in [1.82, 2.24) is 4.90 Å². The maximum absolute atomic E-state index is 12.7. The molecule has 18 heavy (non-hydrogen) atoms. The van der Waals surface area contributed by atoms with E-state index in [1.165, 1.54) is 0 Å². The van der Waals surface area contributed by atoms with Crippen molar-refractivity contribution in [3.05, 3.63) is 0 Å². The first-order valence-corrected chi connectivity index (χ1v) is 7.07. The van der Waals surface area contributed by atoms with Crippen LogP contribution in [0.15, 0.2) is 0 Å². The van der Waals surface area contributed by atoms with E-state index in [4.69, 9.17) is 5.11 Å². The van der Waals surface area contributed by atoms with Gasteiger partial charge in [-0.05, 0) is 32.1 Å². The largest absolute Gasteiger partial charge is 0.395 e. The minimum atomic E-state index is -0.803.